The van der Waals surface area contributed by atoms with Crippen LogP contribution in [-0.4, -0.2) is 21.8 Å². The molecule has 1 aliphatic rings. The van der Waals surface area contributed by atoms with Crippen molar-refractivity contribution in [2.45, 2.75) is 6.04 Å². The van der Waals surface area contributed by atoms with Crippen LogP contribution in [0, 0.1) is 5.82 Å². The molecular weight excluding hydrogens is 430 g/mol. The van der Waals surface area contributed by atoms with Crippen LogP contribution in [0.15, 0.2) is 72.6 Å². The number of ketones is 1. The number of hydrogen-bond acceptors (Lipinski definition) is 4. The fourth-order valence-electron chi connectivity index (χ4n) is 3.38. The van der Waals surface area contributed by atoms with Crippen LogP contribution in [0.3, 0.4) is 0 Å². The van der Waals surface area contributed by atoms with Crippen molar-refractivity contribution in [2.24, 2.45) is 0 Å². The normalized spacial score (nSPS) is 18.1. The molecule has 1 unspecified atom stereocenters. The first kappa shape index (κ1) is 20.1. The van der Waals surface area contributed by atoms with Gasteiger partial charge in [-0.3, -0.25) is 19.5 Å². The van der Waals surface area contributed by atoms with Crippen molar-refractivity contribution in [3.63, 3.8) is 0 Å². The number of carbonyl (C=O) groups is 2. The Kier molecular flexibility index (Phi) is 5.28. The first-order chi connectivity index (χ1) is 14.4. The topological polar surface area (TPSA) is 70.5 Å². The summed E-state index contributed by atoms with van der Waals surface area (Å²) in [5.74, 6) is -2.78. The standard InChI is InChI=1S/C22H13Cl2FN2O3/c23-16-7-6-12(9-17(16)24)20(28)18-19(13-3-2-8-26-11-13)27(22(30)21(18)29)15-5-1-4-14(25)10-15/h1-11,19,28H/b20-18+. The predicted octanol–water partition coefficient (Wildman–Crippen LogP) is 5.15. The molecule has 1 aromatic heterocycles. The Bertz CT molecular complexity index is 1200. The van der Waals surface area contributed by atoms with E-state index in [-0.39, 0.29) is 26.9 Å². The zero-order chi connectivity index (χ0) is 21.4. The van der Waals surface area contributed by atoms with Crippen molar-refractivity contribution in [2.75, 3.05) is 4.90 Å². The zero-order valence-electron chi connectivity index (χ0n) is 15.2. The highest BCUT2D eigenvalue weighted by Gasteiger charge is 2.47. The minimum absolute atomic E-state index is 0.157. The molecule has 0 radical (unpaired) electrons. The van der Waals surface area contributed by atoms with Gasteiger partial charge < -0.3 is 5.11 Å². The summed E-state index contributed by atoms with van der Waals surface area (Å²) in [5, 5.41) is 11.4. The Morgan fingerprint density at radius 3 is 2.50 bits per heavy atom. The van der Waals surface area contributed by atoms with Gasteiger partial charge in [-0.2, -0.15) is 0 Å². The van der Waals surface area contributed by atoms with Gasteiger partial charge in [-0.15, -0.1) is 0 Å². The summed E-state index contributed by atoms with van der Waals surface area (Å²) in [6, 6.07) is 12.0. The fourth-order valence-corrected chi connectivity index (χ4v) is 3.67. The first-order valence-electron chi connectivity index (χ1n) is 8.80. The van der Waals surface area contributed by atoms with Crippen molar-refractivity contribution in [1.29, 1.82) is 0 Å². The Labute approximate surface area is 181 Å². The van der Waals surface area contributed by atoms with Crippen molar-refractivity contribution in [3.8, 4) is 0 Å². The highest BCUT2D eigenvalue weighted by Crippen LogP contribution is 2.42. The number of aromatic nitrogens is 1. The molecule has 1 atom stereocenters. The lowest BCUT2D eigenvalue weighted by molar-refractivity contribution is -0.132. The fraction of sp³-hybridized carbons (Fsp3) is 0.0455. The van der Waals surface area contributed by atoms with Crippen LogP contribution in [0.25, 0.3) is 5.76 Å². The molecule has 5 nitrogen and oxygen atoms in total. The maximum atomic E-state index is 13.9. The van der Waals surface area contributed by atoms with E-state index in [4.69, 9.17) is 23.2 Å². The number of pyridine rings is 1. The van der Waals surface area contributed by atoms with Gasteiger partial charge in [0, 0.05) is 23.6 Å². The van der Waals surface area contributed by atoms with Crippen LogP contribution >= 0.6 is 23.2 Å². The van der Waals surface area contributed by atoms with Crippen molar-refractivity contribution in [1.82, 2.24) is 4.98 Å². The zero-order valence-corrected chi connectivity index (χ0v) is 16.7. The molecule has 8 heteroatoms. The molecule has 0 spiro atoms. The number of benzene rings is 2. The number of Topliss-reactive ketones (excluding diaryl/α,β-unsaturated/α-hetero) is 1. The number of aliphatic hydroxyl groups excluding tert-OH is 1. The van der Waals surface area contributed by atoms with Crippen LogP contribution in [-0.2, 0) is 9.59 Å². The summed E-state index contributed by atoms with van der Waals surface area (Å²) >= 11 is 12.0. The summed E-state index contributed by atoms with van der Waals surface area (Å²) in [5.41, 5.74) is 0.716. The first-order valence-corrected chi connectivity index (χ1v) is 9.56. The summed E-state index contributed by atoms with van der Waals surface area (Å²) < 4.78 is 13.9. The van der Waals surface area contributed by atoms with Crippen LogP contribution in [0.1, 0.15) is 17.2 Å². The van der Waals surface area contributed by atoms with Crippen molar-refractivity contribution in [3.05, 3.63) is 99.6 Å². The molecule has 30 heavy (non-hydrogen) atoms. The van der Waals surface area contributed by atoms with Gasteiger partial charge in [-0.25, -0.2) is 4.39 Å². The average Bonchev–Trinajstić information content (AvgIpc) is 3.01. The number of hydrogen-bond donors (Lipinski definition) is 1. The predicted molar refractivity (Wildman–Crippen MR) is 112 cm³/mol. The van der Waals surface area contributed by atoms with E-state index in [1.165, 1.54) is 48.8 Å². The van der Waals surface area contributed by atoms with Gasteiger partial charge in [0.2, 0.25) is 0 Å². The molecule has 1 amide bonds. The van der Waals surface area contributed by atoms with Gasteiger partial charge in [0.25, 0.3) is 11.7 Å². The van der Waals surface area contributed by atoms with Gasteiger partial charge >= 0.3 is 0 Å². The highest BCUT2D eigenvalue weighted by atomic mass is 35.5. The van der Waals surface area contributed by atoms with E-state index in [0.29, 0.717) is 5.56 Å². The summed E-state index contributed by atoms with van der Waals surface area (Å²) in [6.45, 7) is 0. The molecular formula is C22H13Cl2FN2O3. The Hall–Kier alpha value is -3.22. The third-order valence-corrected chi connectivity index (χ3v) is 5.46. The lowest BCUT2D eigenvalue weighted by atomic mass is 9.96. The van der Waals surface area contributed by atoms with Gasteiger partial charge in [0.1, 0.15) is 11.6 Å². The number of amides is 1. The number of rotatable bonds is 3. The molecule has 0 saturated carbocycles. The molecule has 0 aliphatic carbocycles. The number of nitrogens with zero attached hydrogens (tertiary/aromatic N) is 2. The van der Waals surface area contributed by atoms with Gasteiger partial charge in [-0.1, -0.05) is 35.3 Å². The minimum Gasteiger partial charge on any atom is -0.507 e. The third kappa shape index (κ3) is 3.44. The molecule has 1 N–H and O–H groups in total. The van der Waals surface area contributed by atoms with E-state index >= 15 is 0 Å². The lowest BCUT2D eigenvalue weighted by Gasteiger charge is -2.25. The summed E-state index contributed by atoms with van der Waals surface area (Å²) in [4.78, 5) is 31.0. The second-order valence-corrected chi connectivity index (χ2v) is 7.38. The molecule has 150 valence electrons. The molecule has 1 saturated heterocycles. The van der Waals surface area contributed by atoms with E-state index in [2.05, 4.69) is 4.98 Å². The Balaban J connectivity index is 1.95. The van der Waals surface area contributed by atoms with Crippen LogP contribution in [0.5, 0.6) is 0 Å². The minimum atomic E-state index is -1.00. The van der Waals surface area contributed by atoms with E-state index in [9.17, 15) is 19.1 Å². The second-order valence-electron chi connectivity index (χ2n) is 6.56. The molecule has 1 fully saturated rings. The van der Waals surface area contributed by atoms with Gasteiger partial charge in [-0.05, 0) is 48.0 Å². The van der Waals surface area contributed by atoms with Crippen molar-refractivity contribution >= 4 is 46.3 Å². The molecule has 2 aromatic carbocycles. The number of aliphatic hydroxyl groups is 1. The van der Waals surface area contributed by atoms with Gasteiger partial charge in [0.15, 0.2) is 0 Å². The van der Waals surface area contributed by atoms with Crippen LogP contribution in [0.4, 0.5) is 10.1 Å². The number of anilines is 1. The monoisotopic (exact) mass is 442 g/mol. The van der Waals surface area contributed by atoms with E-state index < -0.39 is 29.3 Å². The largest absolute Gasteiger partial charge is 0.507 e. The van der Waals surface area contributed by atoms with E-state index in [1.807, 2.05) is 0 Å². The molecule has 3 aromatic rings. The van der Waals surface area contributed by atoms with Crippen molar-refractivity contribution < 1.29 is 19.1 Å². The highest BCUT2D eigenvalue weighted by molar-refractivity contribution is 6.51. The molecule has 0 bridgehead atoms. The summed E-state index contributed by atoms with van der Waals surface area (Å²) in [6.07, 6.45) is 3.02. The van der Waals surface area contributed by atoms with Crippen LogP contribution < -0.4 is 4.90 Å². The van der Waals surface area contributed by atoms with E-state index in [1.54, 1.807) is 12.1 Å². The second kappa shape index (κ2) is 7.89. The quantitative estimate of drug-likeness (QED) is 0.345. The molecule has 1 aliphatic heterocycles. The average molecular weight is 443 g/mol. The third-order valence-electron chi connectivity index (χ3n) is 4.72. The maximum absolute atomic E-state index is 13.9. The lowest BCUT2D eigenvalue weighted by Crippen LogP contribution is -2.29. The Morgan fingerprint density at radius 1 is 1.03 bits per heavy atom. The van der Waals surface area contributed by atoms with Crippen LogP contribution in [0.2, 0.25) is 10.0 Å². The molecule has 2 heterocycles. The number of carbonyl (C=O) groups excluding carboxylic acids is 2. The van der Waals surface area contributed by atoms with Gasteiger partial charge in [0.05, 0.1) is 21.7 Å². The number of halogens is 3. The van der Waals surface area contributed by atoms with E-state index in [0.717, 1.165) is 11.0 Å². The smallest absolute Gasteiger partial charge is 0.300 e. The maximum Gasteiger partial charge on any atom is 0.300 e. The summed E-state index contributed by atoms with van der Waals surface area (Å²) in [7, 11) is 0. The Morgan fingerprint density at radius 2 is 1.83 bits per heavy atom. The SMILES string of the molecule is O=C1C(=O)N(c2cccc(F)c2)C(c2cccnc2)/C1=C(\O)c1ccc(Cl)c(Cl)c1. The molecule has 4 rings (SSSR count).